The molecule has 1 aromatic carbocycles. The van der Waals surface area contributed by atoms with E-state index < -0.39 is 0 Å². The van der Waals surface area contributed by atoms with Crippen LogP contribution in [0.3, 0.4) is 0 Å². The van der Waals surface area contributed by atoms with Crippen molar-refractivity contribution in [1.82, 2.24) is 20.4 Å². The van der Waals surface area contributed by atoms with Gasteiger partial charge in [-0.05, 0) is 44.0 Å². The van der Waals surface area contributed by atoms with Crippen molar-refractivity contribution >= 4 is 29.9 Å². The molecule has 0 aliphatic carbocycles. The highest BCUT2D eigenvalue weighted by Gasteiger charge is 2.21. The van der Waals surface area contributed by atoms with E-state index in [1.165, 1.54) is 11.1 Å². The number of hydrogen-bond acceptors (Lipinski definition) is 3. The third-order valence-corrected chi connectivity index (χ3v) is 5.29. The number of rotatable bonds is 7. The summed E-state index contributed by atoms with van der Waals surface area (Å²) in [6, 6.07) is 9.57. The molecule has 5 nitrogen and oxygen atoms in total. The summed E-state index contributed by atoms with van der Waals surface area (Å²) in [7, 11) is 6.25. The maximum absolute atomic E-state index is 4.35. The van der Waals surface area contributed by atoms with Crippen molar-refractivity contribution in [1.29, 1.82) is 0 Å². The normalized spacial score (nSPS) is 19.0. The SMILES string of the molecule is CN=C(NCCCc1ccc(C(C)C)cc1)NCC1CN(C)CCN1C.I. The first-order valence-corrected chi connectivity index (χ1v) is 9.91. The molecule has 1 atom stereocenters. The Morgan fingerprint density at radius 2 is 1.85 bits per heavy atom. The van der Waals surface area contributed by atoms with Crippen LogP contribution in [0.4, 0.5) is 0 Å². The Balaban J connectivity index is 0.00000364. The highest BCUT2D eigenvalue weighted by molar-refractivity contribution is 14.0. The smallest absolute Gasteiger partial charge is 0.191 e. The van der Waals surface area contributed by atoms with Crippen LogP contribution in [-0.4, -0.2) is 75.7 Å². The maximum Gasteiger partial charge on any atom is 0.191 e. The van der Waals surface area contributed by atoms with Crippen LogP contribution in [0.5, 0.6) is 0 Å². The summed E-state index contributed by atoms with van der Waals surface area (Å²) in [4.78, 5) is 9.18. The van der Waals surface area contributed by atoms with E-state index in [-0.39, 0.29) is 24.0 Å². The molecule has 1 fully saturated rings. The number of benzene rings is 1. The monoisotopic (exact) mass is 487 g/mol. The van der Waals surface area contributed by atoms with Crippen molar-refractivity contribution in [3.63, 3.8) is 0 Å². The molecule has 0 bridgehead atoms. The van der Waals surface area contributed by atoms with Gasteiger partial charge in [0.15, 0.2) is 5.96 Å². The maximum atomic E-state index is 4.35. The number of aliphatic imine (C=N–C) groups is 1. The van der Waals surface area contributed by atoms with Gasteiger partial charge in [0.05, 0.1) is 0 Å². The number of likely N-dealkylation sites (N-methyl/N-ethyl adjacent to an activating group) is 2. The van der Waals surface area contributed by atoms with Crippen LogP contribution in [0.2, 0.25) is 0 Å². The zero-order valence-corrected chi connectivity index (χ0v) is 20.0. The quantitative estimate of drug-likeness (QED) is 0.269. The van der Waals surface area contributed by atoms with E-state index in [0.29, 0.717) is 12.0 Å². The average molecular weight is 487 g/mol. The number of guanidine groups is 1. The first-order valence-electron chi connectivity index (χ1n) is 9.91. The fourth-order valence-corrected chi connectivity index (χ4v) is 3.33. The van der Waals surface area contributed by atoms with Gasteiger partial charge in [-0.15, -0.1) is 24.0 Å². The average Bonchev–Trinajstić information content (AvgIpc) is 2.64. The topological polar surface area (TPSA) is 42.9 Å². The third kappa shape index (κ3) is 8.35. The van der Waals surface area contributed by atoms with Crippen molar-refractivity contribution in [3.05, 3.63) is 35.4 Å². The van der Waals surface area contributed by atoms with Gasteiger partial charge in [-0.3, -0.25) is 9.89 Å². The third-order valence-electron chi connectivity index (χ3n) is 5.29. The molecule has 6 heteroatoms. The molecule has 0 spiro atoms. The van der Waals surface area contributed by atoms with Gasteiger partial charge in [0, 0.05) is 45.8 Å². The van der Waals surface area contributed by atoms with Crippen molar-refractivity contribution in [3.8, 4) is 0 Å². The Morgan fingerprint density at radius 3 is 2.48 bits per heavy atom. The van der Waals surface area contributed by atoms with Crippen LogP contribution < -0.4 is 10.6 Å². The van der Waals surface area contributed by atoms with Gasteiger partial charge in [-0.2, -0.15) is 0 Å². The van der Waals surface area contributed by atoms with Crippen molar-refractivity contribution < 1.29 is 0 Å². The van der Waals surface area contributed by atoms with E-state index in [2.05, 4.69) is 77.6 Å². The van der Waals surface area contributed by atoms with Crippen LogP contribution in [0.25, 0.3) is 0 Å². The summed E-state index contributed by atoms with van der Waals surface area (Å²) in [6.45, 7) is 9.72. The van der Waals surface area contributed by atoms with E-state index in [4.69, 9.17) is 0 Å². The summed E-state index contributed by atoms with van der Waals surface area (Å²) in [5.74, 6) is 1.50. The van der Waals surface area contributed by atoms with E-state index >= 15 is 0 Å². The molecule has 2 N–H and O–H groups in total. The number of aryl methyl sites for hydroxylation is 1. The second-order valence-electron chi connectivity index (χ2n) is 7.78. The summed E-state index contributed by atoms with van der Waals surface area (Å²) in [5.41, 5.74) is 2.82. The molecule has 154 valence electrons. The van der Waals surface area contributed by atoms with Crippen LogP contribution in [-0.2, 0) is 6.42 Å². The molecule has 1 heterocycles. The summed E-state index contributed by atoms with van der Waals surface area (Å²) in [6.07, 6.45) is 2.20. The Hall–Kier alpha value is -0.860. The number of nitrogens with zero attached hydrogens (tertiary/aromatic N) is 3. The minimum absolute atomic E-state index is 0. The number of halogens is 1. The van der Waals surface area contributed by atoms with E-state index in [9.17, 15) is 0 Å². The summed E-state index contributed by atoms with van der Waals surface area (Å²) >= 11 is 0. The van der Waals surface area contributed by atoms with Gasteiger partial charge >= 0.3 is 0 Å². The van der Waals surface area contributed by atoms with Gasteiger partial charge in [0.1, 0.15) is 0 Å². The minimum Gasteiger partial charge on any atom is -0.356 e. The Morgan fingerprint density at radius 1 is 1.15 bits per heavy atom. The van der Waals surface area contributed by atoms with Crippen LogP contribution in [0.15, 0.2) is 29.3 Å². The standard InChI is InChI=1S/C21H37N5.HI/c1-17(2)19-10-8-18(9-11-19)7-6-12-23-21(22-3)24-15-20-16-25(4)13-14-26(20)5;/h8-11,17,20H,6-7,12-16H2,1-5H3,(H2,22,23,24);1H. The lowest BCUT2D eigenvalue weighted by Crippen LogP contribution is -2.55. The minimum atomic E-state index is 0. The molecule has 0 radical (unpaired) electrons. The van der Waals surface area contributed by atoms with Gasteiger partial charge in [-0.1, -0.05) is 38.1 Å². The number of hydrogen-bond donors (Lipinski definition) is 2. The highest BCUT2D eigenvalue weighted by Crippen LogP contribution is 2.15. The van der Waals surface area contributed by atoms with Crippen LogP contribution in [0, 0.1) is 0 Å². The molecule has 1 unspecified atom stereocenters. The molecule has 0 aromatic heterocycles. The van der Waals surface area contributed by atoms with Crippen LogP contribution in [0.1, 0.15) is 37.3 Å². The molecule has 27 heavy (non-hydrogen) atoms. The molecule has 1 aliphatic heterocycles. The van der Waals surface area contributed by atoms with Gasteiger partial charge < -0.3 is 15.5 Å². The predicted octanol–water partition coefficient (Wildman–Crippen LogP) is 2.77. The van der Waals surface area contributed by atoms with E-state index in [0.717, 1.165) is 51.5 Å². The lowest BCUT2D eigenvalue weighted by molar-refractivity contribution is 0.116. The molecular weight excluding hydrogens is 449 g/mol. The molecule has 2 rings (SSSR count). The number of piperazine rings is 1. The zero-order valence-electron chi connectivity index (χ0n) is 17.7. The Bertz CT molecular complexity index is 558. The number of nitrogens with one attached hydrogen (secondary N) is 2. The van der Waals surface area contributed by atoms with Crippen LogP contribution >= 0.6 is 24.0 Å². The van der Waals surface area contributed by atoms with E-state index in [1.807, 2.05) is 7.05 Å². The zero-order chi connectivity index (χ0) is 18.9. The fourth-order valence-electron chi connectivity index (χ4n) is 3.33. The highest BCUT2D eigenvalue weighted by atomic mass is 127. The second-order valence-corrected chi connectivity index (χ2v) is 7.78. The molecular formula is C21H38IN5. The van der Waals surface area contributed by atoms with Gasteiger partial charge in [0.2, 0.25) is 0 Å². The molecule has 1 aliphatic rings. The first-order chi connectivity index (χ1) is 12.5. The van der Waals surface area contributed by atoms with Crippen molar-refractivity contribution in [2.24, 2.45) is 4.99 Å². The second kappa shape index (κ2) is 12.6. The summed E-state index contributed by atoms with van der Waals surface area (Å²) in [5, 5.41) is 6.92. The van der Waals surface area contributed by atoms with E-state index in [1.54, 1.807) is 0 Å². The molecule has 1 aromatic rings. The Kier molecular flexibility index (Phi) is 11.3. The molecule has 0 saturated carbocycles. The molecule has 0 amide bonds. The fraction of sp³-hybridized carbons (Fsp3) is 0.667. The lowest BCUT2D eigenvalue weighted by atomic mass is 10.0. The largest absolute Gasteiger partial charge is 0.356 e. The first kappa shape index (κ1) is 24.2. The van der Waals surface area contributed by atoms with Crippen molar-refractivity contribution in [2.45, 2.75) is 38.6 Å². The van der Waals surface area contributed by atoms with Gasteiger partial charge in [0.25, 0.3) is 0 Å². The Labute approximate surface area is 183 Å². The molecule has 1 saturated heterocycles. The van der Waals surface area contributed by atoms with Crippen molar-refractivity contribution in [2.75, 3.05) is 53.9 Å². The predicted molar refractivity (Wildman–Crippen MR) is 128 cm³/mol. The lowest BCUT2D eigenvalue weighted by Gasteiger charge is -2.37. The van der Waals surface area contributed by atoms with Gasteiger partial charge in [-0.25, -0.2) is 0 Å². The summed E-state index contributed by atoms with van der Waals surface area (Å²) < 4.78 is 0.